The molecule has 2 heterocycles. The molecular weight excluding hydrogens is 415 g/mol. The van der Waals surface area contributed by atoms with Crippen LogP contribution < -0.4 is 0 Å². The van der Waals surface area contributed by atoms with Crippen LogP contribution in [0.3, 0.4) is 0 Å². The molecule has 0 aliphatic carbocycles. The van der Waals surface area contributed by atoms with Crippen LogP contribution in [0, 0.1) is 17.4 Å². The van der Waals surface area contributed by atoms with Gasteiger partial charge in [0.2, 0.25) is 0 Å². The van der Waals surface area contributed by atoms with Crippen LogP contribution >= 0.6 is 38.5 Å². The summed E-state index contributed by atoms with van der Waals surface area (Å²) < 4.78 is 4.78. The SMILES string of the molecule is CCn1c2c(I)cc(Br)cc2c2cc(C)nc(C)c21. The lowest BCUT2D eigenvalue weighted by atomic mass is 10.1. The van der Waals surface area contributed by atoms with Gasteiger partial charge >= 0.3 is 0 Å². The molecule has 2 nitrogen and oxygen atoms in total. The predicted molar refractivity (Wildman–Crippen MR) is 92.8 cm³/mol. The predicted octanol–water partition coefficient (Wildman–Crippen LogP) is 5.19. The van der Waals surface area contributed by atoms with Crippen LogP contribution in [0.15, 0.2) is 22.7 Å². The molecule has 0 N–H and O–H groups in total. The highest BCUT2D eigenvalue weighted by molar-refractivity contribution is 14.1. The first-order chi connectivity index (χ1) is 9.02. The molecule has 0 spiro atoms. The summed E-state index contributed by atoms with van der Waals surface area (Å²) >= 11 is 6.02. The minimum Gasteiger partial charge on any atom is -0.338 e. The first-order valence-electron chi connectivity index (χ1n) is 6.28. The van der Waals surface area contributed by atoms with Crippen LogP contribution in [-0.4, -0.2) is 9.55 Å². The lowest BCUT2D eigenvalue weighted by Crippen LogP contribution is -1.98. The zero-order valence-corrected chi connectivity index (χ0v) is 14.8. The standard InChI is InChI=1S/C15H14BrIN2/c1-4-19-14-9(3)18-8(2)5-11(14)12-6-10(16)7-13(17)15(12)19/h5-7H,4H2,1-3H3. The first kappa shape index (κ1) is 13.4. The van der Waals surface area contributed by atoms with Gasteiger partial charge in [-0.2, -0.15) is 0 Å². The molecule has 2 aromatic heterocycles. The number of benzene rings is 1. The third-order valence-electron chi connectivity index (χ3n) is 3.47. The maximum atomic E-state index is 4.62. The maximum absolute atomic E-state index is 4.62. The van der Waals surface area contributed by atoms with Crippen LogP contribution in [0.1, 0.15) is 18.3 Å². The third kappa shape index (κ3) is 2.00. The highest BCUT2D eigenvalue weighted by Gasteiger charge is 2.15. The highest BCUT2D eigenvalue weighted by Crippen LogP contribution is 2.35. The second kappa shape index (κ2) is 4.74. The van der Waals surface area contributed by atoms with Crippen LogP contribution in [0.5, 0.6) is 0 Å². The fourth-order valence-corrected chi connectivity index (χ4v) is 4.64. The Balaban J connectivity index is 2.66. The Kier molecular flexibility index (Phi) is 3.33. The van der Waals surface area contributed by atoms with E-state index in [1.165, 1.54) is 25.4 Å². The number of hydrogen-bond donors (Lipinski definition) is 0. The molecule has 0 atom stereocenters. The van der Waals surface area contributed by atoms with Gasteiger partial charge in [-0.3, -0.25) is 4.98 Å². The summed E-state index contributed by atoms with van der Waals surface area (Å²) in [6.07, 6.45) is 0. The molecule has 1 aromatic carbocycles. The molecule has 0 unspecified atom stereocenters. The van der Waals surface area contributed by atoms with Crippen LogP contribution in [0.2, 0.25) is 0 Å². The average Bonchev–Trinajstić information content (AvgIpc) is 2.63. The third-order valence-corrected chi connectivity index (χ3v) is 4.75. The van der Waals surface area contributed by atoms with Gasteiger partial charge in [-0.05, 0) is 61.6 Å². The van der Waals surface area contributed by atoms with Crippen molar-refractivity contribution in [2.24, 2.45) is 0 Å². The molecule has 0 fully saturated rings. The lowest BCUT2D eigenvalue weighted by molar-refractivity contribution is 0.819. The van der Waals surface area contributed by atoms with Gasteiger partial charge in [0.15, 0.2) is 0 Å². The topological polar surface area (TPSA) is 17.8 Å². The summed E-state index contributed by atoms with van der Waals surface area (Å²) in [5.41, 5.74) is 4.77. The van der Waals surface area contributed by atoms with Crippen molar-refractivity contribution in [1.82, 2.24) is 9.55 Å². The molecule has 0 bridgehead atoms. The minimum atomic E-state index is 0.962. The maximum Gasteiger partial charge on any atom is 0.0708 e. The average molecular weight is 429 g/mol. The van der Waals surface area contributed by atoms with Gasteiger partial charge in [-0.15, -0.1) is 0 Å². The minimum absolute atomic E-state index is 0.962. The summed E-state index contributed by atoms with van der Waals surface area (Å²) in [6.45, 7) is 7.31. The summed E-state index contributed by atoms with van der Waals surface area (Å²) in [4.78, 5) is 4.62. The van der Waals surface area contributed by atoms with Crippen molar-refractivity contribution in [1.29, 1.82) is 0 Å². The summed E-state index contributed by atoms with van der Waals surface area (Å²) in [6, 6.07) is 6.58. The normalized spacial score (nSPS) is 11.6. The zero-order chi connectivity index (χ0) is 13.7. The lowest BCUT2D eigenvalue weighted by Gasteiger charge is -2.06. The Morgan fingerprint density at radius 1 is 1.16 bits per heavy atom. The molecule has 4 heteroatoms. The molecule has 0 amide bonds. The van der Waals surface area contributed by atoms with Crippen molar-refractivity contribution >= 4 is 60.3 Å². The fraction of sp³-hybridized carbons (Fsp3) is 0.267. The molecular formula is C15H14BrIN2. The highest BCUT2D eigenvalue weighted by atomic mass is 127. The fourth-order valence-electron chi connectivity index (χ4n) is 2.84. The molecule has 0 aliphatic heterocycles. The van der Waals surface area contributed by atoms with Crippen LogP contribution in [-0.2, 0) is 6.54 Å². The van der Waals surface area contributed by atoms with E-state index in [0.717, 1.165) is 22.4 Å². The summed E-state index contributed by atoms with van der Waals surface area (Å²) in [5, 5.41) is 2.62. The Hall–Kier alpha value is -0.620. The van der Waals surface area contributed by atoms with Crippen molar-refractivity contribution in [3.05, 3.63) is 37.6 Å². The Morgan fingerprint density at radius 2 is 1.84 bits per heavy atom. The van der Waals surface area contributed by atoms with Gasteiger partial charge in [0.25, 0.3) is 0 Å². The number of aromatic nitrogens is 2. The van der Waals surface area contributed by atoms with Gasteiger partial charge < -0.3 is 4.57 Å². The quantitative estimate of drug-likeness (QED) is 0.487. The van der Waals surface area contributed by atoms with E-state index in [2.05, 4.69) is 87.0 Å². The Bertz CT molecular complexity index is 740. The van der Waals surface area contributed by atoms with Crippen molar-refractivity contribution in [2.45, 2.75) is 27.3 Å². The van der Waals surface area contributed by atoms with Crippen LogP contribution in [0.4, 0.5) is 0 Å². The number of fused-ring (bicyclic) bond motifs is 3. The zero-order valence-electron chi connectivity index (χ0n) is 11.1. The largest absolute Gasteiger partial charge is 0.338 e. The number of rotatable bonds is 1. The smallest absolute Gasteiger partial charge is 0.0708 e. The van der Waals surface area contributed by atoms with Crippen molar-refractivity contribution in [3.63, 3.8) is 0 Å². The molecule has 3 aromatic rings. The number of nitrogens with zero attached hydrogens (tertiary/aromatic N) is 2. The molecule has 98 valence electrons. The van der Waals surface area contributed by atoms with E-state index in [9.17, 15) is 0 Å². The van der Waals surface area contributed by atoms with E-state index in [4.69, 9.17) is 0 Å². The second-order valence-electron chi connectivity index (χ2n) is 4.77. The van der Waals surface area contributed by atoms with Crippen LogP contribution in [0.25, 0.3) is 21.8 Å². The summed E-state index contributed by atoms with van der Waals surface area (Å²) in [5.74, 6) is 0. The second-order valence-corrected chi connectivity index (χ2v) is 6.85. The summed E-state index contributed by atoms with van der Waals surface area (Å²) in [7, 11) is 0. The van der Waals surface area contributed by atoms with E-state index in [-0.39, 0.29) is 0 Å². The number of pyridine rings is 1. The van der Waals surface area contributed by atoms with Gasteiger partial charge in [0.05, 0.1) is 16.7 Å². The molecule has 0 saturated heterocycles. The number of halogens is 2. The molecule has 3 rings (SSSR count). The Morgan fingerprint density at radius 3 is 2.53 bits per heavy atom. The molecule has 19 heavy (non-hydrogen) atoms. The van der Waals surface area contributed by atoms with E-state index in [0.29, 0.717) is 0 Å². The first-order valence-corrected chi connectivity index (χ1v) is 8.15. The molecule has 0 saturated carbocycles. The van der Waals surface area contributed by atoms with E-state index < -0.39 is 0 Å². The van der Waals surface area contributed by atoms with Crippen molar-refractivity contribution in [3.8, 4) is 0 Å². The van der Waals surface area contributed by atoms with Gasteiger partial charge in [-0.1, -0.05) is 15.9 Å². The Labute approximate surface area is 134 Å². The van der Waals surface area contributed by atoms with Gasteiger partial charge in [-0.25, -0.2) is 0 Å². The monoisotopic (exact) mass is 428 g/mol. The van der Waals surface area contributed by atoms with Gasteiger partial charge in [0, 0.05) is 31.1 Å². The molecule has 0 radical (unpaired) electrons. The van der Waals surface area contributed by atoms with E-state index in [1.54, 1.807) is 0 Å². The van der Waals surface area contributed by atoms with E-state index >= 15 is 0 Å². The van der Waals surface area contributed by atoms with Gasteiger partial charge in [0.1, 0.15) is 0 Å². The van der Waals surface area contributed by atoms with Crippen molar-refractivity contribution < 1.29 is 0 Å². The van der Waals surface area contributed by atoms with E-state index in [1.807, 2.05) is 0 Å². The molecule has 0 aliphatic rings. The number of hydrogen-bond acceptors (Lipinski definition) is 1. The van der Waals surface area contributed by atoms with Crippen molar-refractivity contribution in [2.75, 3.05) is 0 Å². The number of aryl methyl sites for hydroxylation is 3.